The van der Waals surface area contributed by atoms with Crippen molar-refractivity contribution in [3.05, 3.63) is 11.6 Å². The lowest BCUT2D eigenvalue weighted by atomic mass is 9.38. The first kappa shape index (κ1) is 28.9. The Labute approximate surface area is 221 Å². The van der Waals surface area contributed by atoms with E-state index in [4.69, 9.17) is 0 Å². The Balaban J connectivity index is 1.76. The van der Waals surface area contributed by atoms with Crippen molar-refractivity contribution in [2.45, 2.75) is 123 Å². The highest BCUT2D eigenvalue weighted by Crippen LogP contribution is 2.74. The number of hydrogen-bond donors (Lipinski definition) is 5. The highest BCUT2D eigenvalue weighted by Gasteiger charge is 2.74. The molecule has 37 heavy (non-hydrogen) atoms. The van der Waals surface area contributed by atoms with Crippen LogP contribution in [-0.2, 0) is 9.59 Å². The van der Waals surface area contributed by atoms with Crippen LogP contribution in [-0.4, -0.2) is 66.6 Å². The fraction of sp³-hybridized carbons (Fsp3) is 0.867. The smallest absolute Gasteiger partial charge is 0.164 e. The van der Waals surface area contributed by atoms with E-state index in [1.54, 1.807) is 13.8 Å². The maximum atomic E-state index is 14.2. The number of allylic oxidation sites excluding steroid dienone is 1. The first-order chi connectivity index (χ1) is 16.7. The number of rotatable bonds is 5. The van der Waals surface area contributed by atoms with E-state index in [0.29, 0.717) is 19.3 Å². The van der Waals surface area contributed by atoms with Gasteiger partial charge in [0.1, 0.15) is 11.4 Å². The minimum absolute atomic E-state index is 0.0227. The minimum Gasteiger partial charge on any atom is -0.393 e. The molecule has 0 aromatic carbocycles. The topological polar surface area (TPSA) is 135 Å². The molecule has 4 aliphatic carbocycles. The van der Waals surface area contributed by atoms with Gasteiger partial charge in [0.2, 0.25) is 0 Å². The van der Waals surface area contributed by atoms with Crippen LogP contribution in [0.2, 0.25) is 0 Å². The molecule has 3 saturated carbocycles. The van der Waals surface area contributed by atoms with Crippen LogP contribution >= 0.6 is 0 Å². The molecule has 7 heteroatoms. The van der Waals surface area contributed by atoms with E-state index in [1.807, 2.05) is 27.7 Å². The Hall–Kier alpha value is -1.12. The molecule has 4 aliphatic rings. The zero-order valence-electron chi connectivity index (χ0n) is 23.8. The first-order valence-electron chi connectivity index (χ1n) is 13.9. The van der Waals surface area contributed by atoms with Crippen molar-refractivity contribution in [2.75, 3.05) is 0 Å². The second-order valence-electron chi connectivity index (χ2n) is 14.8. The molecule has 7 nitrogen and oxygen atoms in total. The molecule has 0 aromatic heterocycles. The van der Waals surface area contributed by atoms with Crippen LogP contribution in [0.5, 0.6) is 0 Å². The van der Waals surface area contributed by atoms with E-state index in [0.717, 1.165) is 5.57 Å². The summed E-state index contributed by atoms with van der Waals surface area (Å²) in [5, 5.41) is 54.8. The highest BCUT2D eigenvalue weighted by atomic mass is 16.3. The molecular weight excluding hydrogens is 472 g/mol. The second-order valence-corrected chi connectivity index (χ2v) is 14.8. The molecule has 0 spiro atoms. The minimum atomic E-state index is -1.85. The Bertz CT molecular complexity index is 1010. The van der Waals surface area contributed by atoms with E-state index in [-0.39, 0.29) is 36.9 Å². The summed E-state index contributed by atoms with van der Waals surface area (Å²) in [6.45, 7) is 14.6. The Morgan fingerprint density at radius 3 is 2.16 bits per heavy atom. The fourth-order valence-electron chi connectivity index (χ4n) is 9.40. The van der Waals surface area contributed by atoms with Crippen LogP contribution in [0.1, 0.15) is 93.9 Å². The van der Waals surface area contributed by atoms with Gasteiger partial charge in [0.05, 0.1) is 23.9 Å². The number of fused-ring (bicyclic) bond motifs is 5. The molecule has 0 amide bonds. The Morgan fingerprint density at radius 1 is 1.00 bits per heavy atom. The molecule has 210 valence electrons. The van der Waals surface area contributed by atoms with E-state index in [9.17, 15) is 35.1 Å². The van der Waals surface area contributed by atoms with Gasteiger partial charge in [-0.15, -0.1) is 0 Å². The van der Waals surface area contributed by atoms with Gasteiger partial charge in [-0.1, -0.05) is 46.3 Å². The van der Waals surface area contributed by atoms with Crippen LogP contribution in [0.15, 0.2) is 11.6 Å². The summed E-state index contributed by atoms with van der Waals surface area (Å²) >= 11 is 0. The quantitative estimate of drug-likeness (QED) is 0.352. The maximum Gasteiger partial charge on any atom is 0.164 e. The molecule has 5 N–H and O–H groups in total. The van der Waals surface area contributed by atoms with Gasteiger partial charge < -0.3 is 25.5 Å². The molecule has 0 unspecified atom stereocenters. The molecule has 0 heterocycles. The van der Waals surface area contributed by atoms with Gasteiger partial charge in [0.25, 0.3) is 0 Å². The molecule has 0 aromatic rings. The van der Waals surface area contributed by atoms with Crippen molar-refractivity contribution in [1.29, 1.82) is 0 Å². The number of aliphatic hydroxyl groups excluding tert-OH is 3. The molecule has 0 bridgehead atoms. The van der Waals surface area contributed by atoms with Crippen LogP contribution in [0.25, 0.3) is 0 Å². The molecular formula is C30H48O7. The second kappa shape index (κ2) is 8.44. The number of carbonyl (C=O) groups is 2. The number of Topliss-reactive ketones (excluding diaryl/α,β-unsaturated/α-hetero) is 2. The van der Waals surface area contributed by atoms with Crippen LogP contribution < -0.4 is 0 Å². The summed E-state index contributed by atoms with van der Waals surface area (Å²) in [5.74, 6) is -1.60. The van der Waals surface area contributed by atoms with Gasteiger partial charge in [-0.2, -0.15) is 0 Å². The van der Waals surface area contributed by atoms with E-state index in [2.05, 4.69) is 13.0 Å². The van der Waals surface area contributed by atoms with Gasteiger partial charge >= 0.3 is 0 Å². The zero-order chi connectivity index (χ0) is 28.1. The molecule has 10 atom stereocenters. The monoisotopic (exact) mass is 520 g/mol. The fourth-order valence-corrected chi connectivity index (χ4v) is 9.40. The van der Waals surface area contributed by atoms with Crippen molar-refractivity contribution >= 4 is 11.6 Å². The number of ketones is 2. The third-order valence-corrected chi connectivity index (χ3v) is 11.8. The van der Waals surface area contributed by atoms with Crippen molar-refractivity contribution in [3.63, 3.8) is 0 Å². The molecule has 0 saturated heterocycles. The number of hydrogen-bond acceptors (Lipinski definition) is 7. The third kappa shape index (κ3) is 3.86. The maximum absolute atomic E-state index is 14.2. The zero-order valence-corrected chi connectivity index (χ0v) is 23.8. The van der Waals surface area contributed by atoms with Crippen LogP contribution in [0.3, 0.4) is 0 Å². The van der Waals surface area contributed by atoms with Crippen molar-refractivity contribution in [3.8, 4) is 0 Å². The van der Waals surface area contributed by atoms with Crippen LogP contribution in [0, 0.1) is 39.4 Å². The van der Waals surface area contributed by atoms with Crippen molar-refractivity contribution in [1.82, 2.24) is 0 Å². The van der Waals surface area contributed by atoms with Crippen LogP contribution in [0.4, 0.5) is 0 Å². The lowest BCUT2D eigenvalue weighted by molar-refractivity contribution is -0.188. The summed E-state index contributed by atoms with van der Waals surface area (Å²) in [6.07, 6.45) is 0.895. The highest BCUT2D eigenvalue weighted by molar-refractivity contribution is 5.90. The summed E-state index contributed by atoms with van der Waals surface area (Å²) in [6, 6.07) is 0. The SMILES string of the molecule is CC(C)(O)CCC(=O)[C@](C)(O)[C@H]1[C@H](O)C[C@@]2(C)[C@@H]3CC=C4[C@@H](C[C@@H](O)[C@@H](O)C4(C)C)[C@]3(C)C(=O)C[C@]12C. The first-order valence-corrected chi connectivity index (χ1v) is 13.9. The predicted molar refractivity (Wildman–Crippen MR) is 139 cm³/mol. The number of carbonyl (C=O) groups excluding carboxylic acids is 2. The standard InChI is InChI=1S/C30H48O7/c1-25(2,36)12-11-21(33)30(8,37)23-19(32)14-27(5)20-10-9-16-17(13-18(31)24(35)26(16,3)4)29(20,7)22(34)15-28(23,27)6/h9,17-20,23-24,31-32,35-37H,10-15H2,1-8H3/t17-,18-,19-,20+,23+,24-,27+,28-,29+,30+/m1/s1. The lowest BCUT2D eigenvalue weighted by Crippen LogP contribution is -2.65. The molecule has 0 aliphatic heterocycles. The number of aliphatic hydroxyl groups is 5. The summed E-state index contributed by atoms with van der Waals surface area (Å²) < 4.78 is 0. The van der Waals surface area contributed by atoms with Gasteiger partial charge in [-0.05, 0) is 69.1 Å². The Kier molecular flexibility index (Phi) is 6.59. The van der Waals surface area contributed by atoms with Gasteiger partial charge in [-0.25, -0.2) is 0 Å². The largest absolute Gasteiger partial charge is 0.393 e. The molecule has 3 fully saturated rings. The normalized spacial score (nSPS) is 46.8. The van der Waals surface area contributed by atoms with E-state index < -0.39 is 62.9 Å². The summed E-state index contributed by atoms with van der Waals surface area (Å²) in [7, 11) is 0. The van der Waals surface area contributed by atoms with Gasteiger partial charge in [0.15, 0.2) is 5.78 Å². The van der Waals surface area contributed by atoms with Gasteiger partial charge in [0, 0.05) is 29.6 Å². The van der Waals surface area contributed by atoms with E-state index >= 15 is 0 Å². The predicted octanol–water partition coefficient (Wildman–Crippen LogP) is 2.94. The average molecular weight is 521 g/mol. The Morgan fingerprint density at radius 2 is 1.59 bits per heavy atom. The van der Waals surface area contributed by atoms with Crippen molar-refractivity contribution < 1.29 is 35.1 Å². The third-order valence-electron chi connectivity index (χ3n) is 11.8. The molecule has 0 radical (unpaired) electrons. The average Bonchev–Trinajstić information content (AvgIpc) is 2.96. The van der Waals surface area contributed by atoms with E-state index in [1.165, 1.54) is 6.92 Å². The summed E-state index contributed by atoms with van der Waals surface area (Å²) in [5.41, 5.74) is -4.71. The van der Waals surface area contributed by atoms with Gasteiger partial charge in [-0.3, -0.25) is 9.59 Å². The lowest BCUT2D eigenvalue weighted by Gasteiger charge is -2.65. The van der Waals surface area contributed by atoms with Crippen molar-refractivity contribution in [2.24, 2.45) is 39.4 Å². The summed E-state index contributed by atoms with van der Waals surface area (Å²) in [4.78, 5) is 27.5. The molecule has 4 rings (SSSR count).